The molecule has 23 heavy (non-hydrogen) atoms. The quantitative estimate of drug-likeness (QED) is 0.384. The predicted molar refractivity (Wildman–Crippen MR) is 99.4 cm³/mol. The summed E-state index contributed by atoms with van der Waals surface area (Å²) in [7, 11) is 1.75. The van der Waals surface area contributed by atoms with Gasteiger partial charge in [0.1, 0.15) is 10.6 Å². The molecule has 0 aliphatic carbocycles. The molecule has 3 nitrogen and oxygen atoms in total. The molecular formula is C16H15FN2OS3. The number of fused-ring (bicyclic) bond motifs is 1. The SMILES string of the molecule is CSCCSc1nc2scc(-c3ccc(F)cc3)c2c(=O)n1C. The van der Waals surface area contributed by atoms with Crippen LogP contribution in [0.2, 0.25) is 0 Å². The number of hydrogen-bond acceptors (Lipinski definition) is 5. The van der Waals surface area contributed by atoms with Crippen molar-refractivity contribution < 1.29 is 4.39 Å². The largest absolute Gasteiger partial charge is 0.290 e. The number of rotatable bonds is 5. The molecule has 0 aliphatic rings. The maximum absolute atomic E-state index is 13.1. The maximum atomic E-state index is 13.1. The van der Waals surface area contributed by atoms with E-state index in [1.807, 2.05) is 5.38 Å². The van der Waals surface area contributed by atoms with Crippen LogP contribution in [0, 0.1) is 5.82 Å². The average molecular weight is 367 g/mol. The van der Waals surface area contributed by atoms with Gasteiger partial charge in [0, 0.05) is 29.5 Å². The van der Waals surface area contributed by atoms with Crippen molar-refractivity contribution in [3.05, 3.63) is 45.8 Å². The van der Waals surface area contributed by atoms with Crippen LogP contribution in [0.15, 0.2) is 39.6 Å². The molecule has 0 aliphatic heterocycles. The lowest BCUT2D eigenvalue weighted by molar-refractivity contribution is 0.628. The van der Waals surface area contributed by atoms with Gasteiger partial charge in [0.05, 0.1) is 5.39 Å². The van der Waals surface area contributed by atoms with Gasteiger partial charge in [0.15, 0.2) is 5.16 Å². The van der Waals surface area contributed by atoms with Crippen LogP contribution >= 0.6 is 34.9 Å². The Bertz CT molecular complexity index is 887. The van der Waals surface area contributed by atoms with E-state index in [9.17, 15) is 9.18 Å². The summed E-state index contributed by atoms with van der Waals surface area (Å²) in [6.07, 6.45) is 2.06. The van der Waals surface area contributed by atoms with E-state index in [0.717, 1.165) is 32.6 Å². The smallest absolute Gasteiger partial charge is 0.263 e. The van der Waals surface area contributed by atoms with Crippen LogP contribution in [-0.4, -0.2) is 27.3 Å². The van der Waals surface area contributed by atoms with Gasteiger partial charge in [-0.2, -0.15) is 11.8 Å². The van der Waals surface area contributed by atoms with Crippen LogP contribution in [-0.2, 0) is 7.05 Å². The lowest BCUT2D eigenvalue weighted by Gasteiger charge is -2.07. The van der Waals surface area contributed by atoms with Gasteiger partial charge >= 0.3 is 0 Å². The van der Waals surface area contributed by atoms with Gasteiger partial charge in [0.25, 0.3) is 5.56 Å². The first-order chi connectivity index (χ1) is 11.1. The molecule has 0 saturated heterocycles. The molecular weight excluding hydrogens is 351 g/mol. The first-order valence-corrected chi connectivity index (χ1v) is 10.2. The minimum absolute atomic E-state index is 0.0535. The number of nitrogens with zero attached hydrogens (tertiary/aromatic N) is 2. The van der Waals surface area contributed by atoms with E-state index in [-0.39, 0.29) is 11.4 Å². The molecule has 0 spiro atoms. The summed E-state index contributed by atoms with van der Waals surface area (Å²) in [6, 6.07) is 6.20. The van der Waals surface area contributed by atoms with Crippen LogP contribution in [0.4, 0.5) is 4.39 Å². The van der Waals surface area contributed by atoms with Crippen LogP contribution in [0.3, 0.4) is 0 Å². The molecule has 2 aromatic heterocycles. The summed E-state index contributed by atoms with van der Waals surface area (Å²) >= 11 is 4.82. The fourth-order valence-electron chi connectivity index (χ4n) is 2.24. The molecule has 7 heteroatoms. The summed E-state index contributed by atoms with van der Waals surface area (Å²) in [5.74, 6) is 1.65. The van der Waals surface area contributed by atoms with Gasteiger partial charge < -0.3 is 0 Å². The Morgan fingerprint density at radius 3 is 2.70 bits per heavy atom. The van der Waals surface area contributed by atoms with Crippen LogP contribution in [0.1, 0.15) is 0 Å². The second-order valence-corrected chi connectivity index (χ2v) is 7.84. The van der Waals surface area contributed by atoms with Gasteiger partial charge in [-0.25, -0.2) is 9.37 Å². The van der Waals surface area contributed by atoms with Gasteiger partial charge in [-0.15, -0.1) is 11.3 Å². The van der Waals surface area contributed by atoms with Gasteiger partial charge in [-0.1, -0.05) is 23.9 Å². The Hall–Kier alpha value is -1.31. The minimum Gasteiger partial charge on any atom is -0.290 e. The van der Waals surface area contributed by atoms with E-state index in [1.165, 1.54) is 23.5 Å². The highest BCUT2D eigenvalue weighted by Gasteiger charge is 2.15. The molecule has 2 heterocycles. The molecule has 3 rings (SSSR count). The molecule has 120 valence electrons. The Morgan fingerprint density at radius 2 is 2.00 bits per heavy atom. The standard InChI is InChI=1S/C16H15FN2OS3/c1-19-15(20)13-12(10-3-5-11(17)6-4-10)9-23-14(13)18-16(19)22-8-7-21-2/h3-6,9H,7-8H2,1-2H3. The Balaban J connectivity index is 2.08. The van der Waals surface area contributed by atoms with Crippen molar-refractivity contribution in [2.45, 2.75) is 5.16 Å². The first-order valence-electron chi connectivity index (χ1n) is 6.97. The van der Waals surface area contributed by atoms with E-state index in [2.05, 4.69) is 11.2 Å². The Labute approximate surface area is 145 Å². The third-order valence-corrected chi connectivity index (χ3v) is 6.22. The summed E-state index contributed by atoms with van der Waals surface area (Å²) in [5, 5.41) is 3.27. The molecule has 1 aromatic carbocycles. The van der Waals surface area contributed by atoms with Crippen molar-refractivity contribution >= 4 is 45.1 Å². The number of aromatic nitrogens is 2. The summed E-state index contributed by atoms with van der Waals surface area (Å²) < 4.78 is 14.7. The lowest BCUT2D eigenvalue weighted by atomic mass is 10.1. The second kappa shape index (κ2) is 7.07. The van der Waals surface area contributed by atoms with E-state index < -0.39 is 0 Å². The van der Waals surface area contributed by atoms with Gasteiger partial charge in [-0.3, -0.25) is 9.36 Å². The molecule has 0 radical (unpaired) electrons. The number of thioether (sulfide) groups is 2. The van der Waals surface area contributed by atoms with Gasteiger partial charge in [0.2, 0.25) is 0 Å². The fraction of sp³-hybridized carbons (Fsp3) is 0.250. The minimum atomic E-state index is -0.285. The fourth-order valence-corrected chi connectivity index (χ4v) is 4.85. The van der Waals surface area contributed by atoms with E-state index >= 15 is 0 Å². The molecule has 0 saturated carbocycles. The predicted octanol–water partition coefficient (Wildman–Crippen LogP) is 4.26. The number of halogens is 1. The zero-order valence-corrected chi connectivity index (χ0v) is 15.2. The van der Waals surface area contributed by atoms with Crippen LogP contribution in [0.25, 0.3) is 21.3 Å². The van der Waals surface area contributed by atoms with Crippen molar-refractivity contribution in [3.63, 3.8) is 0 Å². The Kier molecular flexibility index (Phi) is 5.08. The maximum Gasteiger partial charge on any atom is 0.263 e. The van der Waals surface area contributed by atoms with E-state index in [0.29, 0.717) is 5.39 Å². The monoisotopic (exact) mass is 366 g/mol. The van der Waals surface area contributed by atoms with Gasteiger partial charge in [-0.05, 0) is 24.0 Å². The molecule has 0 atom stereocenters. The van der Waals surface area contributed by atoms with Crippen molar-refractivity contribution in [3.8, 4) is 11.1 Å². The molecule has 3 aromatic rings. The number of thiophene rings is 1. The summed E-state index contributed by atoms with van der Waals surface area (Å²) in [6.45, 7) is 0. The number of hydrogen-bond donors (Lipinski definition) is 0. The zero-order valence-electron chi connectivity index (χ0n) is 12.7. The zero-order chi connectivity index (χ0) is 16.4. The average Bonchev–Trinajstić information content (AvgIpc) is 2.97. The highest BCUT2D eigenvalue weighted by atomic mass is 32.2. The van der Waals surface area contributed by atoms with Crippen molar-refractivity contribution in [2.75, 3.05) is 17.8 Å². The molecule has 0 unspecified atom stereocenters. The summed E-state index contributed by atoms with van der Waals surface area (Å²) in [5.41, 5.74) is 1.60. The third-order valence-electron chi connectivity index (χ3n) is 3.45. The second-order valence-electron chi connectivity index (χ2n) is 4.94. The summed E-state index contributed by atoms with van der Waals surface area (Å²) in [4.78, 5) is 18.1. The topological polar surface area (TPSA) is 34.9 Å². The number of benzene rings is 1. The molecule has 0 bridgehead atoms. The molecule has 0 N–H and O–H groups in total. The Morgan fingerprint density at radius 1 is 1.26 bits per heavy atom. The lowest BCUT2D eigenvalue weighted by Crippen LogP contribution is -2.19. The first kappa shape index (κ1) is 16.5. The normalized spacial score (nSPS) is 11.3. The van der Waals surface area contributed by atoms with Crippen LogP contribution in [0.5, 0.6) is 0 Å². The van der Waals surface area contributed by atoms with E-state index in [4.69, 9.17) is 0 Å². The van der Waals surface area contributed by atoms with Crippen molar-refractivity contribution in [2.24, 2.45) is 7.05 Å². The molecule has 0 amide bonds. The third kappa shape index (κ3) is 3.32. The highest BCUT2D eigenvalue weighted by molar-refractivity contribution is 8.02. The van der Waals surface area contributed by atoms with E-state index in [1.54, 1.807) is 47.3 Å². The van der Waals surface area contributed by atoms with Crippen molar-refractivity contribution in [1.29, 1.82) is 0 Å². The van der Waals surface area contributed by atoms with Crippen molar-refractivity contribution in [1.82, 2.24) is 9.55 Å². The van der Waals surface area contributed by atoms with Crippen LogP contribution < -0.4 is 5.56 Å². The molecule has 0 fully saturated rings. The highest BCUT2D eigenvalue weighted by Crippen LogP contribution is 2.32.